The normalized spacial score (nSPS) is 11.4. The van der Waals surface area contributed by atoms with Crippen LogP contribution in [-0.2, 0) is 6.18 Å². The molecule has 106 valence electrons. The molecule has 0 atom stereocenters. The van der Waals surface area contributed by atoms with Crippen LogP contribution < -0.4 is 16.0 Å². The highest BCUT2D eigenvalue weighted by molar-refractivity contribution is 5.55. The van der Waals surface area contributed by atoms with Gasteiger partial charge in [0, 0.05) is 0 Å². The number of aromatic amines is 1. The summed E-state index contributed by atoms with van der Waals surface area (Å²) in [7, 11) is 0. The number of hydrogen-bond donors (Lipinski definition) is 2. The summed E-state index contributed by atoms with van der Waals surface area (Å²) in [5, 5.41) is 0. The third-order valence-corrected chi connectivity index (χ3v) is 2.39. The highest BCUT2D eigenvalue weighted by atomic mass is 19.4. The van der Waals surface area contributed by atoms with Crippen molar-refractivity contribution < 1.29 is 17.9 Å². The average molecular weight is 285 g/mol. The van der Waals surface area contributed by atoms with Crippen LogP contribution in [0.3, 0.4) is 0 Å². The van der Waals surface area contributed by atoms with Gasteiger partial charge in [0.15, 0.2) is 5.75 Å². The molecule has 0 radical (unpaired) electrons. The van der Waals surface area contributed by atoms with Crippen LogP contribution in [0.15, 0.2) is 29.1 Å². The van der Waals surface area contributed by atoms with Gasteiger partial charge >= 0.3 is 6.18 Å². The lowest BCUT2D eigenvalue weighted by atomic mass is 10.2. The van der Waals surface area contributed by atoms with Gasteiger partial charge < -0.3 is 15.5 Å². The van der Waals surface area contributed by atoms with Gasteiger partial charge in [0.1, 0.15) is 5.82 Å². The zero-order valence-corrected chi connectivity index (χ0v) is 10.3. The molecule has 0 spiro atoms. The van der Waals surface area contributed by atoms with E-state index in [0.29, 0.717) is 5.82 Å². The number of rotatable bonds is 2. The smallest absolute Gasteiger partial charge is 0.416 e. The Morgan fingerprint density at radius 1 is 1.30 bits per heavy atom. The number of benzene rings is 1. The Bertz CT molecular complexity index is 695. The van der Waals surface area contributed by atoms with Gasteiger partial charge in [-0.25, -0.2) is 4.98 Å². The van der Waals surface area contributed by atoms with E-state index in [1.807, 2.05) is 0 Å². The Hall–Kier alpha value is -2.51. The zero-order chi connectivity index (χ0) is 14.9. The molecule has 0 bridgehead atoms. The fourth-order valence-electron chi connectivity index (χ4n) is 1.53. The molecule has 1 aromatic heterocycles. The second kappa shape index (κ2) is 4.87. The van der Waals surface area contributed by atoms with Crippen molar-refractivity contribution in [2.45, 2.75) is 13.1 Å². The predicted molar refractivity (Wildman–Crippen MR) is 65.5 cm³/mol. The zero-order valence-electron chi connectivity index (χ0n) is 10.3. The number of H-pyrrole nitrogens is 1. The molecule has 3 N–H and O–H groups in total. The monoisotopic (exact) mass is 285 g/mol. The highest BCUT2D eigenvalue weighted by Crippen LogP contribution is 2.34. The fraction of sp³-hybridized carbons (Fsp3) is 0.167. The minimum absolute atomic E-state index is 0.00417. The van der Waals surface area contributed by atoms with Crippen LogP contribution in [0.5, 0.6) is 11.6 Å². The number of halogens is 3. The van der Waals surface area contributed by atoms with Gasteiger partial charge in [-0.3, -0.25) is 4.79 Å². The maximum Gasteiger partial charge on any atom is 0.416 e. The molecule has 0 fully saturated rings. The summed E-state index contributed by atoms with van der Waals surface area (Å²) in [4.78, 5) is 17.5. The Morgan fingerprint density at radius 3 is 2.55 bits per heavy atom. The summed E-state index contributed by atoms with van der Waals surface area (Å²) < 4.78 is 42.6. The standard InChI is InChI=1S/C12H10F3N3O2/c1-6-17-10(19)5-11(18-6)20-9-3-2-7(4-8(9)16)12(13,14)15/h2-5H,16H2,1H3,(H,17,18,19). The highest BCUT2D eigenvalue weighted by Gasteiger charge is 2.31. The van der Waals surface area contributed by atoms with Crippen molar-refractivity contribution in [2.75, 3.05) is 5.73 Å². The van der Waals surface area contributed by atoms with E-state index in [-0.39, 0.29) is 17.3 Å². The second-order valence-corrected chi connectivity index (χ2v) is 4.02. The van der Waals surface area contributed by atoms with Gasteiger partial charge in [0.2, 0.25) is 5.88 Å². The van der Waals surface area contributed by atoms with E-state index in [9.17, 15) is 18.0 Å². The van der Waals surface area contributed by atoms with Crippen molar-refractivity contribution in [3.63, 3.8) is 0 Å². The fourth-order valence-corrected chi connectivity index (χ4v) is 1.53. The number of nitrogen functional groups attached to an aromatic ring is 1. The quantitative estimate of drug-likeness (QED) is 0.830. The first-order valence-corrected chi connectivity index (χ1v) is 5.48. The lowest BCUT2D eigenvalue weighted by Crippen LogP contribution is -2.09. The van der Waals surface area contributed by atoms with Gasteiger partial charge in [-0.15, -0.1) is 0 Å². The molecule has 0 amide bonds. The first kappa shape index (κ1) is 13.9. The van der Waals surface area contributed by atoms with E-state index in [2.05, 4.69) is 9.97 Å². The van der Waals surface area contributed by atoms with Crippen molar-refractivity contribution in [2.24, 2.45) is 0 Å². The second-order valence-electron chi connectivity index (χ2n) is 4.02. The number of nitrogens with two attached hydrogens (primary N) is 1. The molecule has 0 saturated heterocycles. The summed E-state index contributed by atoms with van der Waals surface area (Å²) in [6.45, 7) is 1.55. The first-order chi connectivity index (χ1) is 9.25. The maximum absolute atomic E-state index is 12.5. The predicted octanol–water partition coefficient (Wildman–Crippen LogP) is 2.47. The molecule has 0 aliphatic rings. The largest absolute Gasteiger partial charge is 0.437 e. The summed E-state index contributed by atoms with van der Waals surface area (Å²) in [5.41, 5.74) is 4.00. The van der Waals surface area contributed by atoms with E-state index in [1.54, 1.807) is 6.92 Å². The molecule has 0 unspecified atom stereocenters. The molecule has 5 nitrogen and oxygen atoms in total. The first-order valence-electron chi connectivity index (χ1n) is 5.48. The van der Waals surface area contributed by atoms with Gasteiger partial charge in [-0.1, -0.05) is 0 Å². The lowest BCUT2D eigenvalue weighted by Gasteiger charge is -2.11. The van der Waals surface area contributed by atoms with Crippen molar-refractivity contribution >= 4 is 5.69 Å². The SMILES string of the molecule is Cc1nc(Oc2ccc(C(F)(F)F)cc2N)cc(=O)[nH]1. The number of ether oxygens (including phenoxy) is 1. The van der Waals surface area contributed by atoms with Crippen LogP contribution >= 0.6 is 0 Å². The Labute approximate surface area is 111 Å². The van der Waals surface area contributed by atoms with E-state index in [1.165, 1.54) is 0 Å². The Kier molecular flexibility index (Phi) is 3.39. The summed E-state index contributed by atoms with van der Waals surface area (Å²) in [6, 6.07) is 3.75. The Morgan fingerprint density at radius 2 is 2.00 bits per heavy atom. The van der Waals surface area contributed by atoms with Gasteiger partial charge in [0.05, 0.1) is 17.3 Å². The number of anilines is 1. The molecular weight excluding hydrogens is 275 g/mol. The van der Waals surface area contributed by atoms with Crippen molar-refractivity contribution in [3.05, 3.63) is 46.0 Å². The van der Waals surface area contributed by atoms with Crippen LogP contribution in [-0.4, -0.2) is 9.97 Å². The average Bonchev–Trinajstić information content (AvgIpc) is 2.29. The minimum atomic E-state index is -4.48. The van der Waals surface area contributed by atoms with Crippen LogP contribution in [0.1, 0.15) is 11.4 Å². The molecule has 20 heavy (non-hydrogen) atoms. The molecule has 0 aliphatic carbocycles. The number of alkyl halides is 3. The summed E-state index contributed by atoms with van der Waals surface area (Å²) >= 11 is 0. The molecule has 1 aromatic carbocycles. The van der Waals surface area contributed by atoms with Crippen molar-refractivity contribution in [1.29, 1.82) is 0 Å². The molecule has 8 heteroatoms. The van der Waals surface area contributed by atoms with Crippen LogP contribution in [0.2, 0.25) is 0 Å². The lowest BCUT2D eigenvalue weighted by molar-refractivity contribution is -0.137. The van der Waals surface area contributed by atoms with E-state index in [0.717, 1.165) is 24.3 Å². The number of nitrogens with zero attached hydrogens (tertiary/aromatic N) is 1. The van der Waals surface area contributed by atoms with Gasteiger partial charge in [-0.05, 0) is 25.1 Å². The molecule has 1 heterocycles. The van der Waals surface area contributed by atoms with E-state index < -0.39 is 17.3 Å². The third kappa shape index (κ3) is 3.08. The third-order valence-electron chi connectivity index (χ3n) is 2.39. The maximum atomic E-state index is 12.5. The number of nitrogens with one attached hydrogen (secondary N) is 1. The molecule has 0 saturated carbocycles. The summed E-state index contributed by atoms with van der Waals surface area (Å²) in [5.74, 6) is 0.270. The van der Waals surface area contributed by atoms with Gasteiger partial charge in [0.25, 0.3) is 5.56 Å². The minimum Gasteiger partial charge on any atom is -0.437 e. The van der Waals surface area contributed by atoms with Crippen LogP contribution in [0.25, 0.3) is 0 Å². The molecule has 2 rings (SSSR count). The number of hydrogen-bond acceptors (Lipinski definition) is 4. The van der Waals surface area contributed by atoms with Crippen LogP contribution in [0.4, 0.5) is 18.9 Å². The van der Waals surface area contributed by atoms with Crippen LogP contribution in [0, 0.1) is 6.92 Å². The Balaban J connectivity index is 2.33. The molecular formula is C12H10F3N3O2. The van der Waals surface area contributed by atoms with E-state index in [4.69, 9.17) is 10.5 Å². The summed E-state index contributed by atoms with van der Waals surface area (Å²) in [6.07, 6.45) is -4.48. The number of aryl methyl sites for hydroxylation is 1. The molecule has 2 aromatic rings. The van der Waals surface area contributed by atoms with Crippen molar-refractivity contribution in [1.82, 2.24) is 9.97 Å². The topological polar surface area (TPSA) is 81.0 Å². The van der Waals surface area contributed by atoms with Gasteiger partial charge in [-0.2, -0.15) is 13.2 Å². The van der Waals surface area contributed by atoms with Crippen molar-refractivity contribution in [3.8, 4) is 11.6 Å². The van der Waals surface area contributed by atoms with E-state index >= 15 is 0 Å². The molecule has 0 aliphatic heterocycles. The number of aromatic nitrogens is 2.